The third-order valence-corrected chi connectivity index (χ3v) is 2.23. The maximum absolute atomic E-state index is 9.21. The van der Waals surface area contributed by atoms with Gasteiger partial charge in [-0.25, -0.2) is 0 Å². The highest BCUT2D eigenvalue weighted by Crippen LogP contribution is 2.13. The first kappa shape index (κ1) is 14.1. The summed E-state index contributed by atoms with van der Waals surface area (Å²) in [5.41, 5.74) is -0.200. The Hall–Kier alpha value is -0.940. The average Bonchev–Trinajstić information content (AvgIpc) is 2.55. The number of aliphatic hydroxyl groups excluding tert-OH is 1. The quantitative estimate of drug-likeness (QED) is 0.853. The van der Waals surface area contributed by atoms with E-state index in [9.17, 15) is 5.11 Å². The van der Waals surface area contributed by atoms with Crippen molar-refractivity contribution in [3.05, 3.63) is 11.6 Å². The number of hydrogen-bond donors (Lipinski definition) is 1. The van der Waals surface area contributed by atoms with Gasteiger partial charge in [-0.15, -0.1) is 10.2 Å². The van der Waals surface area contributed by atoms with Crippen molar-refractivity contribution >= 4 is 0 Å². The molecule has 5 nitrogen and oxygen atoms in total. The van der Waals surface area contributed by atoms with Crippen LogP contribution in [0.15, 0.2) is 0 Å². The van der Waals surface area contributed by atoms with E-state index in [0.717, 1.165) is 12.4 Å². The van der Waals surface area contributed by atoms with Crippen molar-refractivity contribution in [3.63, 3.8) is 0 Å². The number of aliphatic hydroxyl groups is 1. The van der Waals surface area contributed by atoms with E-state index in [1.165, 1.54) is 0 Å². The van der Waals surface area contributed by atoms with Gasteiger partial charge in [0.1, 0.15) is 13.2 Å². The molecule has 0 aliphatic carbocycles. The van der Waals surface area contributed by atoms with Gasteiger partial charge in [0.25, 0.3) is 0 Å². The molecule has 1 aromatic heterocycles. The molecule has 0 aromatic carbocycles. The zero-order valence-corrected chi connectivity index (χ0v) is 11.4. The molecule has 1 rings (SSSR count). The SMILES string of the molecule is CC(C)Cn1c(CO)nnc1COC(C)(C)C. The molecule has 1 aromatic rings. The number of aromatic nitrogens is 3. The van der Waals surface area contributed by atoms with Crippen LogP contribution in [-0.4, -0.2) is 25.5 Å². The van der Waals surface area contributed by atoms with E-state index in [1.54, 1.807) is 0 Å². The first-order chi connectivity index (χ1) is 7.83. The molecule has 0 bridgehead atoms. The molecule has 1 N–H and O–H groups in total. The smallest absolute Gasteiger partial charge is 0.159 e. The van der Waals surface area contributed by atoms with Crippen molar-refractivity contribution in [2.45, 2.75) is 60.0 Å². The largest absolute Gasteiger partial charge is 0.388 e. The lowest BCUT2D eigenvalue weighted by Crippen LogP contribution is -2.21. The Labute approximate surface area is 103 Å². The Morgan fingerprint density at radius 3 is 2.29 bits per heavy atom. The molecule has 0 aliphatic heterocycles. The van der Waals surface area contributed by atoms with Crippen molar-refractivity contribution in [1.29, 1.82) is 0 Å². The van der Waals surface area contributed by atoms with Gasteiger partial charge in [0.2, 0.25) is 0 Å². The van der Waals surface area contributed by atoms with E-state index in [1.807, 2.05) is 25.3 Å². The van der Waals surface area contributed by atoms with Gasteiger partial charge in [0.15, 0.2) is 11.6 Å². The number of ether oxygens (including phenoxy) is 1. The summed E-state index contributed by atoms with van der Waals surface area (Å²) in [5, 5.41) is 17.3. The van der Waals surface area contributed by atoms with Gasteiger partial charge >= 0.3 is 0 Å². The Bertz CT molecular complexity index is 353. The zero-order valence-electron chi connectivity index (χ0n) is 11.4. The Morgan fingerprint density at radius 2 is 1.82 bits per heavy atom. The third kappa shape index (κ3) is 4.44. The van der Waals surface area contributed by atoms with E-state index in [4.69, 9.17) is 4.74 Å². The highest BCUT2D eigenvalue weighted by molar-refractivity contribution is 4.94. The van der Waals surface area contributed by atoms with Crippen LogP contribution in [0.1, 0.15) is 46.3 Å². The van der Waals surface area contributed by atoms with Crippen LogP contribution in [0.2, 0.25) is 0 Å². The first-order valence-corrected chi connectivity index (χ1v) is 5.99. The molecular weight excluding hydrogens is 218 g/mol. The normalized spacial score (nSPS) is 12.4. The summed E-state index contributed by atoms with van der Waals surface area (Å²) in [7, 11) is 0. The maximum atomic E-state index is 9.21. The minimum absolute atomic E-state index is 0.0881. The van der Waals surface area contributed by atoms with Crippen LogP contribution in [0.3, 0.4) is 0 Å². The van der Waals surface area contributed by atoms with Crippen molar-refractivity contribution < 1.29 is 9.84 Å². The van der Waals surface area contributed by atoms with Gasteiger partial charge in [-0.3, -0.25) is 0 Å². The maximum Gasteiger partial charge on any atom is 0.159 e. The van der Waals surface area contributed by atoms with Gasteiger partial charge in [-0.1, -0.05) is 13.8 Å². The standard InChI is InChI=1S/C12H23N3O2/c1-9(2)6-15-10(7-16)13-14-11(15)8-17-12(3,4)5/h9,16H,6-8H2,1-5H3. The topological polar surface area (TPSA) is 60.2 Å². The molecule has 0 fully saturated rings. The molecular formula is C12H23N3O2. The summed E-state index contributed by atoms with van der Waals surface area (Å²) in [6.07, 6.45) is 0. The Balaban J connectivity index is 2.80. The second kappa shape index (κ2) is 5.60. The molecule has 98 valence electrons. The van der Waals surface area contributed by atoms with Crippen molar-refractivity contribution in [2.24, 2.45) is 5.92 Å². The average molecular weight is 241 g/mol. The molecule has 0 spiro atoms. The molecule has 0 aliphatic rings. The summed E-state index contributed by atoms with van der Waals surface area (Å²) < 4.78 is 7.63. The van der Waals surface area contributed by atoms with Crippen molar-refractivity contribution in [2.75, 3.05) is 0 Å². The lowest BCUT2D eigenvalue weighted by molar-refractivity contribution is -0.0196. The summed E-state index contributed by atoms with van der Waals surface area (Å²) in [4.78, 5) is 0. The molecule has 1 heterocycles. The van der Waals surface area contributed by atoms with Gasteiger partial charge < -0.3 is 14.4 Å². The fourth-order valence-electron chi connectivity index (χ4n) is 1.45. The van der Waals surface area contributed by atoms with Crippen molar-refractivity contribution in [3.8, 4) is 0 Å². The summed E-state index contributed by atoms with van der Waals surface area (Å²) >= 11 is 0. The zero-order chi connectivity index (χ0) is 13.1. The molecule has 0 atom stereocenters. The van der Waals surface area contributed by atoms with Crippen LogP contribution < -0.4 is 0 Å². The lowest BCUT2D eigenvalue weighted by atomic mass is 10.2. The second-order valence-electron chi connectivity index (χ2n) is 5.60. The van der Waals surface area contributed by atoms with Crippen LogP contribution in [0.4, 0.5) is 0 Å². The van der Waals surface area contributed by atoms with Crippen LogP contribution in [0.5, 0.6) is 0 Å². The monoisotopic (exact) mass is 241 g/mol. The van der Waals surface area contributed by atoms with Crippen LogP contribution >= 0.6 is 0 Å². The molecule has 5 heteroatoms. The first-order valence-electron chi connectivity index (χ1n) is 5.99. The summed E-state index contributed by atoms with van der Waals surface area (Å²) in [6.45, 7) is 11.4. The molecule has 0 saturated heterocycles. The van der Waals surface area contributed by atoms with E-state index in [0.29, 0.717) is 18.3 Å². The van der Waals surface area contributed by atoms with Crippen LogP contribution in [0.25, 0.3) is 0 Å². The molecule has 0 saturated carbocycles. The minimum atomic E-state index is -0.200. The number of nitrogens with zero attached hydrogens (tertiary/aromatic N) is 3. The Kier molecular flexibility index (Phi) is 4.65. The third-order valence-electron chi connectivity index (χ3n) is 2.23. The second-order valence-corrected chi connectivity index (χ2v) is 5.60. The fourth-order valence-corrected chi connectivity index (χ4v) is 1.45. The summed E-state index contributed by atoms with van der Waals surface area (Å²) in [5.74, 6) is 1.86. The molecule has 17 heavy (non-hydrogen) atoms. The number of hydrogen-bond acceptors (Lipinski definition) is 4. The predicted octanol–water partition coefficient (Wildman–Crippen LogP) is 1.74. The fraction of sp³-hybridized carbons (Fsp3) is 0.833. The van der Waals surface area contributed by atoms with Crippen LogP contribution in [0, 0.1) is 5.92 Å². The molecule has 0 amide bonds. The number of rotatable bonds is 5. The lowest BCUT2D eigenvalue weighted by Gasteiger charge is -2.20. The van der Waals surface area contributed by atoms with Gasteiger partial charge in [0, 0.05) is 6.54 Å². The van der Waals surface area contributed by atoms with E-state index in [2.05, 4.69) is 24.0 Å². The summed E-state index contributed by atoms with van der Waals surface area (Å²) in [6, 6.07) is 0. The Morgan fingerprint density at radius 1 is 1.24 bits per heavy atom. The highest BCUT2D eigenvalue weighted by atomic mass is 16.5. The minimum Gasteiger partial charge on any atom is -0.388 e. The van der Waals surface area contributed by atoms with E-state index >= 15 is 0 Å². The van der Waals surface area contributed by atoms with Gasteiger partial charge in [-0.05, 0) is 26.7 Å². The highest BCUT2D eigenvalue weighted by Gasteiger charge is 2.16. The van der Waals surface area contributed by atoms with E-state index < -0.39 is 0 Å². The predicted molar refractivity (Wildman–Crippen MR) is 65.3 cm³/mol. The molecule has 0 unspecified atom stereocenters. The van der Waals surface area contributed by atoms with E-state index in [-0.39, 0.29) is 12.2 Å². The van der Waals surface area contributed by atoms with Crippen LogP contribution in [-0.2, 0) is 24.5 Å². The molecule has 0 radical (unpaired) electrons. The van der Waals surface area contributed by atoms with Gasteiger partial charge in [-0.2, -0.15) is 0 Å². The van der Waals surface area contributed by atoms with Crippen molar-refractivity contribution in [1.82, 2.24) is 14.8 Å². The van der Waals surface area contributed by atoms with Gasteiger partial charge in [0.05, 0.1) is 5.60 Å².